The van der Waals surface area contributed by atoms with Crippen molar-refractivity contribution >= 4 is 34.3 Å². The van der Waals surface area contributed by atoms with Gasteiger partial charge >= 0.3 is 0 Å². The molecule has 1 aliphatic heterocycles. The van der Waals surface area contributed by atoms with Crippen LogP contribution in [0.5, 0.6) is 0 Å². The molecule has 0 bridgehead atoms. The summed E-state index contributed by atoms with van der Waals surface area (Å²) >= 11 is 7.96. The molecular weight excluding hydrogens is 264 g/mol. The summed E-state index contributed by atoms with van der Waals surface area (Å²) in [5, 5.41) is 2.81. The summed E-state index contributed by atoms with van der Waals surface area (Å²) in [4.78, 5) is 3.84. The number of rotatable bonds is 1. The molecule has 2 N–H and O–H groups in total. The molecule has 0 spiro atoms. The molecule has 0 fully saturated rings. The van der Waals surface area contributed by atoms with Crippen LogP contribution in [-0.4, -0.2) is 6.54 Å². The van der Waals surface area contributed by atoms with Crippen molar-refractivity contribution < 1.29 is 0 Å². The number of para-hydroxylation sites is 1. The monoisotopic (exact) mass is 278 g/mol. The summed E-state index contributed by atoms with van der Waals surface area (Å²) in [5.74, 6) is 0. The normalized spacial score (nSPS) is 18.8. The van der Waals surface area contributed by atoms with Gasteiger partial charge in [-0.2, -0.15) is 0 Å². The molecule has 2 aromatic rings. The van der Waals surface area contributed by atoms with E-state index < -0.39 is 0 Å². The molecule has 0 saturated heterocycles. The number of halogens is 1. The Kier molecular flexibility index (Phi) is 2.96. The second-order valence-corrected chi connectivity index (χ2v) is 6.00. The third kappa shape index (κ3) is 1.78. The minimum absolute atomic E-state index is 0.362. The Balaban J connectivity index is 2.02. The van der Waals surface area contributed by atoms with Crippen molar-refractivity contribution in [3.8, 4) is 0 Å². The average molecular weight is 279 g/mol. The molecule has 4 heteroatoms. The molecule has 2 heterocycles. The lowest BCUT2D eigenvalue weighted by atomic mass is 10.0. The molecular formula is C14H15ClN2S. The summed E-state index contributed by atoms with van der Waals surface area (Å²) < 4.78 is 0. The first-order valence-electron chi connectivity index (χ1n) is 6.05. The minimum atomic E-state index is 0.362. The second kappa shape index (κ2) is 4.48. The molecule has 1 aliphatic rings. The minimum Gasteiger partial charge on any atom is -0.396 e. The fourth-order valence-electron chi connectivity index (χ4n) is 2.61. The molecule has 1 aromatic carbocycles. The van der Waals surface area contributed by atoms with Gasteiger partial charge in [0.25, 0.3) is 0 Å². The van der Waals surface area contributed by atoms with Crippen LogP contribution in [0.15, 0.2) is 29.6 Å². The molecule has 18 heavy (non-hydrogen) atoms. The van der Waals surface area contributed by atoms with Crippen LogP contribution in [0.25, 0.3) is 0 Å². The van der Waals surface area contributed by atoms with Crippen LogP contribution in [0.2, 0.25) is 5.02 Å². The molecule has 0 amide bonds. The second-order valence-electron chi connectivity index (χ2n) is 4.59. The Hall–Kier alpha value is -1.19. The summed E-state index contributed by atoms with van der Waals surface area (Å²) in [6, 6.07) is 8.43. The van der Waals surface area contributed by atoms with Gasteiger partial charge in [0.15, 0.2) is 0 Å². The van der Waals surface area contributed by atoms with Crippen molar-refractivity contribution in [2.24, 2.45) is 0 Å². The van der Waals surface area contributed by atoms with E-state index in [0.29, 0.717) is 16.8 Å². The van der Waals surface area contributed by atoms with E-state index in [2.05, 4.69) is 29.3 Å². The molecule has 94 valence electrons. The highest BCUT2D eigenvalue weighted by atomic mass is 35.5. The first kappa shape index (κ1) is 11.9. The fraction of sp³-hybridized carbons (Fsp3) is 0.286. The first-order chi connectivity index (χ1) is 8.68. The number of anilines is 2. The average Bonchev–Trinajstić information content (AvgIpc) is 2.83. The van der Waals surface area contributed by atoms with Gasteiger partial charge in [-0.25, -0.2) is 0 Å². The van der Waals surface area contributed by atoms with Crippen molar-refractivity contribution in [1.29, 1.82) is 0 Å². The zero-order valence-corrected chi connectivity index (χ0v) is 11.8. The lowest BCUT2D eigenvalue weighted by Crippen LogP contribution is -2.33. The van der Waals surface area contributed by atoms with Crippen LogP contribution in [0, 0.1) is 0 Å². The summed E-state index contributed by atoms with van der Waals surface area (Å²) in [6.45, 7) is 3.23. The van der Waals surface area contributed by atoms with Crippen LogP contribution >= 0.6 is 22.9 Å². The zero-order chi connectivity index (χ0) is 12.7. The highest BCUT2D eigenvalue weighted by molar-refractivity contribution is 7.10. The van der Waals surface area contributed by atoms with Crippen molar-refractivity contribution in [2.45, 2.75) is 19.4 Å². The Morgan fingerprint density at radius 3 is 3.06 bits per heavy atom. The van der Waals surface area contributed by atoms with E-state index in [4.69, 9.17) is 17.3 Å². The van der Waals surface area contributed by atoms with Crippen LogP contribution in [0.3, 0.4) is 0 Å². The fourth-order valence-corrected chi connectivity index (χ4v) is 3.75. The number of thiophene rings is 1. The number of hydrogen-bond donors (Lipinski definition) is 1. The molecule has 0 saturated carbocycles. The number of nitrogen functional groups attached to an aromatic ring is 1. The van der Waals surface area contributed by atoms with Crippen molar-refractivity contribution in [2.75, 3.05) is 17.2 Å². The van der Waals surface area contributed by atoms with Crippen LogP contribution in [0.1, 0.15) is 23.4 Å². The van der Waals surface area contributed by atoms with Gasteiger partial charge in [0.05, 0.1) is 22.4 Å². The van der Waals surface area contributed by atoms with E-state index in [1.807, 2.05) is 23.5 Å². The van der Waals surface area contributed by atoms with Crippen LogP contribution in [-0.2, 0) is 6.42 Å². The van der Waals surface area contributed by atoms with Gasteiger partial charge in [-0.05, 0) is 42.5 Å². The number of nitrogens with zero attached hydrogens (tertiary/aromatic N) is 1. The van der Waals surface area contributed by atoms with Gasteiger partial charge in [0.2, 0.25) is 0 Å². The van der Waals surface area contributed by atoms with E-state index in [-0.39, 0.29) is 0 Å². The van der Waals surface area contributed by atoms with Gasteiger partial charge in [0, 0.05) is 11.4 Å². The van der Waals surface area contributed by atoms with Crippen molar-refractivity contribution in [3.05, 3.63) is 45.1 Å². The maximum atomic E-state index is 6.11. The molecule has 1 aromatic heterocycles. The Morgan fingerprint density at radius 2 is 2.22 bits per heavy atom. The predicted octanol–water partition coefficient (Wildman–Crippen LogP) is 4.11. The molecule has 1 unspecified atom stereocenters. The smallest absolute Gasteiger partial charge is 0.0741 e. The molecule has 0 aliphatic carbocycles. The number of hydrogen-bond acceptors (Lipinski definition) is 3. The van der Waals surface area contributed by atoms with E-state index in [1.165, 1.54) is 10.4 Å². The van der Waals surface area contributed by atoms with E-state index >= 15 is 0 Å². The van der Waals surface area contributed by atoms with Crippen LogP contribution in [0.4, 0.5) is 11.4 Å². The van der Waals surface area contributed by atoms with Gasteiger partial charge in [-0.3, -0.25) is 0 Å². The maximum absolute atomic E-state index is 6.11. The van der Waals surface area contributed by atoms with Crippen molar-refractivity contribution in [3.63, 3.8) is 0 Å². The standard InChI is InChI=1S/C14H15ClN2S/c1-9-10-6-8-18-13(10)5-7-17(9)12-4-2-3-11(15)14(12)16/h2-4,6,8-9H,5,7,16H2,1H3. The lowest BCUT2D eigenvalue weighted by Gasteiger charge is -2.36. The first-order valence-corrected chi connectivity index (χ1v) is 7.31. The Labute approximate surface area is 116 Å². The topological polar surface area (TPSA) is 29.3 Å². The molecule has 2 nitrogen and oxygen atoms in total. The number of benzene rings is 1. The number of fused-ring (bicyclic) bond motifs is 1. The van der Waals surface area contributed by atoms with Gasteiger partial charge in [-0.15, -0.1) is 11.3 Å². The zero-order valence-electron chi connectivity index (χ0n) is 10.2. The predicted molar refractivity (Wildman–Crippen MR) is 79.6 cm³/mol. The Morgan fingerprint density at radius 1 is 1.39 bits per heavy atom. The highest BCUT2D eigenvalue weighted by Crippen LogP contribution is 2.39. The SMILES string of the molecule is CC1c2ccsc2CCN1c1cccc(Cl)c1N. The Bertz CT molecular complexity index is 579. The van der Waals surface area contributed by atoms with Crippen molar-refractivity contribution in [1.82, 2.24) is 0 Å². The third-order valence-corrected chi connectivity index (χ3v) is 4.94. The molecule has 3 rings (SSSR count). The van der Waals surface area contributed by atoms with Gasteiger partial charge < -0.3 is 10.6 Å². The summed E-state index contributed by atoms with van der Waals surface area (Å²) in [6.07, 6.45) is 1.09. The molecule has 0 radical (unpaired) electrons. The largest absolute Gasteiger partial charge is 0.396 e. The highest BCUT2D eigenvalue weighted by Gasteiger charge is 2.26. The summed E-state index contributed by atoms with van der Waals surface area (Å²) in [5.41, 5.74) is 9.25. The maximum Gasteiger partial charge on any atom is 0.0741 e. The van der Waals surface area contributed by atoms with Gasteiger partial charge in [0.1, 0.15) is 0 Å². The quantitative estimate of drug-likeness (QED) is 0.796. The van der Waals surface area contributed by atoms with E-state index in [1.54, 1.807) is 0 Å². The third-order valence-electron chi connectivity index (χ3n) is 3.62. The van der Waals surface area contributed by atoms with Gasteiger partial charge in [-0.1, -0.05) is 17.7 Å². The number of nitrogens with two attached hydrogens (primary N) is 1. The molecule has 1 atom stereocenters. The van der Waals surface area contributed by atoms with E-state index in [0.717, 1.165) is 18.7 Å². The summed E-state index contributed by atoms with van der Waals surface area (Å²) in [7, 11) is 0. The van der Waals surface area contributed by atoms with E-state index in [9.17, 15) is 0 Å². The van der Waals surface area contributed by atoms with Crippen LogP contribution < -0.4 is 10.6 Å². The lowest BCUT2D eigenvalue weighted by molar-refractivity contribution is 0.634.